The van der Waals surface area contributed by atoms with Crippen molar-refractivity contribution in [3.63, 3.8) is 0 Å². The summed E-state index contributed by atoms with van der Waals surface area (Å²) in [6, 6.07) is 8.22. The third-order valence-electron chi connectivity index (χ3n) is 4.43. The molecule has 1 aromatic heterocycles. The highest BCUT2D eigenvalue weighted by atomic mass is 32.2. The zero-order valence-electron chi connectivity index (χ0n) is 17.3. The molecule has 2 aromatic carbocycles. The van der Waals surface area contributed by atoms with Crippen LogP contribution in [0.3, 0.4) is 0 Å². The van der Waals surface area contributed by atoms with Gasteiger partial charge in [-0.3, -0.25) is 14.5 Å². The first-order chi connectivity index (χ1) is 15.4. The minimum atomic E-state index is -4.78. The first kappa shape index (κ1) is 23.9. The summed E-state index contributed by atoms with van der Waals surface area (Å²) in [6.07, 6.45) is 0.132. The van der Waals surface area contributed by atoms with Crippen molar-refractivity contribution in [1.29, 1.82) is 0 Å². The topological polar surface area (TPSA) is 121 Å². The largest absolute Gasteiger partial charge is 0.495 e. The molecule has 3 rings (SSSR count). The summed E-state index contributed by atoms with van der Waals surface area (Å²) in [5, 5.41) is 0. The molecule has 3 aromatic rings. The first-order valence-electron chi connectivity index (χ1n) is 9.25. The standard InChI is InChI=1S/C21H18F3N3O5S/c1-32-18-13(6-3-12-4-7-15(8-5-12)27-33(2,30)31)9-14(10-17(18)21(22,23)24)16-11-25-20(29)26-19(16)28/h3-11,27H,1-2H3,(H2,25,26,28,29). The maximum atomic E-state index is 13.7. The van der Waals surface area contributed by atoms with Crippen LogP contribution >= 0.6 is 0 Å². The number of methoxy groups -OCH3 is 1. The third kappa shape index (κ3) is 5.92. The molecule has 12 heteroatoms. The fourth-order valence-corrected chi connectivity index (χ4v) is 3.62. The number of anilines is 1. The molecule has 0 spiro atoms. The number of sulfonamides is 1. The average Bonchev–Trinajstić information content (AvgIpc) is 2.71. The lowest BCUT2D eigenvalue weighted by molar-refractivity contribution is -0.138. The quantitative estimate of drug-likeness (QED) is 0.467. The van der Waals surface area contributed by atoms with Gasteiger partial charge in [0.25, 0.3) is 5.56 Å². The summed E-state index contributed by atoms with van der Waals surface area (Å²) >= 11 is 0. The van der Waals surface area contributed by atoms with Crippen molar-refractivity contribution in [2.24, 2.45) is 0 Å². The van der Waals surface area contributed by atoms with E-state index < -0.39 is 38.8 Å². The molecule has 174 valence electrons. The molecule has 0 aliphatic heterocycles. The number of ether oxygens (including phenoxy) is 1. The highest BCUT2D eigenvalue weighted by molar-refractivity contribution is 7.92. The Morgan fingerprint density at radius 1 is 1.06 bits per heavy atom. The first-order valence-corrected chi connectivity index (χ1v) is 11.1. The van der Waals surface area contributed by atoms with E-state index in [4.69, 9.17) is 4.74 Å². The number of aromatic nitrogens is 2. The van der Waals surface area contributed by atoms with Gasteiger partial charge in [-0.15, -0.1) is 0 Å². The van der Waals surface area contributed by atoms with Gasteiger partial charge in [-0.25, -0.2) is 13.2 Å². The van der Waals surface area contributed by atoms with E-state index in [1.54, 1.807) is 12.1 Å². The zero-order valence-corrected chi connectivity index (χ0v) is 18.1. The third-order valence-corrected chi connectivity index (χ3v) is 5.03. The van der Waals surface area contributed by atoms with E-state index >= 15 is 0 Å². The fraction of sp³-hybridized carbons (Fsp3) is 0.143. The molecule has 0 amide bonds. The van der Waals surface area contributed by atoms with E-state index in [1.807, 2.05) is 4.98 Å². The van der Waals surface area contributed by atoms with Gasteiger partial charge in [0.05, 0.1) is 24.5 Å². The Hall–Kier alpha value is -3.80. The molecule has 3 N–H and O–H groups in total. The summed E-state index contributed by atoms with van der Waals surface area (Å²) in [6.45, 7) is 0. The highest BCUT2D eigenvalue weighted by Crippen LogP contribution is 2.41. The summed E-state index contributed by atoms with van der Waals surface area (Å²) in [5.74, 6) is -0.446. The normalized spacial score (nSPS) is 12.2. The number of nitrogens with one attached hydrogen (secondary N) is 3. The minimum absolute atomic E-state index is 0.0336. The summed E-state index contributed by atoms with van der Waals surface area (Å²) in [4.78, 5) is 27.6. The van der Waals surface area contributed by atoms with Crippen LogP contribution in [0.15, 0.2) is 52.2 Å². The Morgan fingerprint density at radius 3 is 2.27 bits per heavy atom. The van der Waals surface area contributed by atoms with Crippen molar-refractivity contribution in [3.05, 3.63) is 80.1 Å². The van der Waals surface area contributed by atoms with E-state index in [9.17, 15) is 31.2 Å². The van der Waals surface area contributed by atoms with Gasteiger partial charge in [-0.05, 0) is 35.4 Å². The molecule has 0 unspecified atom stereocenters. The molecular formula is C21H18F3N3O5S. The molecule has 0 aliphatic carbocycles. The zero-order chi connectivity index (χ0) is 24.4. The van der Waals surface area contributed by atoms with Gasteiger partial charge in [0.1, 0.15) is 5.75 Å². The number of hydrogen-bond donors (Lipinski definition) is 3. The van der Waals surface area contributed by atoms with Gasteiger partial charge in [0.15, 0.2) is 0 Å². The number of halogens is 3. The smallest absolute Gasteiger partial charge is 0.420 e. The fourth-order valence-electron chi connectivity index (χ4n) is 3.06. The molecule has 0 atom stereocenters. The maximum absolute atomic E-state index is 13.7. The van der Waals surface area contributed by atoms with Gasteiger partial charge in [-0.2, -0.15) is 13.2 Å². The number of aromatic amines is 2. The molecule has 33 heavy (non-hydrogen) atoms. The van der Waals surface area contributed by atoms with Gasteiger partial charge in [0, 0.05) is 17.4 Å². The Kier molecular flexibility index (Phi) is 6.49. The number of alkyl halides is 3. The molecule has 0 fully saturated rings. The summed E-state index contributed by atoms with van der Waals surface area (Å²) in [7, 11) is -2.35. The molecule has 0 saturated heterocycles. The molecule has 0 saturated carbocycles. The molecule has 0 radical (unpaired) electrons. The van der Waals surface area contributed by atoms with Crippen LogP contribution in [0.5, 0.6) is 5.75 Å². The number of benzene rings is 2. The minimum Gasteiger partial charge on any atom is -0.495 e. The molecule has 8 nitrogen and oxygen atoms in total. The second kappa shape index (κ2) is 8.98. The van der Waals surface area contributed by atoms with E-state index in [2.05, 4.69) is 9.71 Å². The van der Waals surface area contributed by atoms with E-state index in [1.165, 1.54) is 30.4 Å². The number of hydrogen-bond acceptors (Lipinski definition) is 5. The van der Waals surface area contributed by atoms with Crippen LogP contribution < -0.4 is 20.7 Å². The Labute approximate surface area is 185 Å². The molecule has 0 bridgehead atoms. The monoisotopic (exact) mass is 481 g/mol. The van der Waals surface area contributed by atoms with Crippen molar-refractivity contribution in [2.75, 3.05) is 18.1 Å². The maximum Gasteiger partial charge on any atom is 0.420 e. The van der Waals surface area contributed by atoms with Crippen molar-refractivity contribution in [2.45, 2.75) is 6.18 Å². The van der Waals surface area contributed by atoms with Crippen LogP contribution in [0.1, 0.15) is 16.7 Å². The number of rotatable bonds is 6. The molecule has 0 aliphatic rings. The van der Waals surface area contributed by atoms with Crippen LogP contribution in [-0.4, -0.2) is 31.8 Å². The lowest BCUT2D eigenvalue weighted by Crippen LogP contribution is -2.22. The van der Waals surface area contributed by atoms with Crippen molar-refractivity contribution in [1.82, 2.24) is 9.97 Å². The van der Waals surface area contributed by atoms with Gasteiger partial charge < -0.3 is 9.72 Å². The predicted octanol–water partition coefficient (Wildman–Crippen LogP) is 3.30. The van der Waals surface area contributed by atoms with E-state index in [0.717, 1.165) is 25.6 Å². The van der Waals surface area contributed by atoms with Gasteiger partial charge in [0.2, 0.25) is 10.0 Å². The Morgan fingerprint density at radius 2 is 1.73 bits per heavy atom. The van der Waals surface area contributed by atoms with Crippen LogP contribution in [0, 0.1) is 0 Å². The van der Waals surface area contributed by atoms with Crippen LogP contribution in [-0.2, 0) is 16.2 Å². The Balaban J connectivity index is 2.10. The van der Waals surface area contributed by atoms with Gasteiger partial charge >= 0.3 is 11.9 Å². The second-order valence-corrected chi connectivity index (χ2v) is 8.71. The predicted molar refractivity (Wildman–Crippen MR) is 119 cm³/mol. The molecular weight excluding hydrogens is 463 g/mol. The van der Waals surface area contributed by atoms with Crippen LogP contribution in [0.4, 0.5) is 18.9 Å². The molecule has 1 heterocycles. The Bertz CT molecular complexity index is 1420. The summed E-state index contributed by atoms with van der Waals surface area (Å²) in [5.41, 5.74) is -2.04. The lowest BCUT2D eigenvalue weighted by atomic mass is 9.98. The van der Waals surface area contributed by atoms with E-state index in [-0.39, 0.29) is 16.7 Å². The second-order valence-electron chi connectivity index (χ2n) is 6.96. The van der Waals surface area contributed by atoms with E-state index in [0.29, 0.717) is 11.3 Å². The summed E-state index contributed by atoms with van der Waals surface area (Å²) < 4.78 is 71.1. The van der Waals surface area contributed by atoms with Crippen molar-refractivity contribution in [3.8, 4) is 16.9 Å². The SMILES string of the molecule is COc1c(C=Cc2ccc(NS(C)(=O)=O)cc2)cc(-c2c[nH]c(=O)[nH]c2=O)cc1C(F)(F)F. The highest BCUT2D eigenvalue weighted by Gasteiger charge is 2.36. The van der Waals surface area contributed by atoms with Crippen LogP contribution in [0.25, 0.3) is 23.3 Å². The average molecular weight is 481 g/mol. The number of H-pyrrole nitrogens is 2. The van der Waals surface area contributed by atoms with Crippen molar-refractivity contribution >= 4 is 27.9 Å². The van der Waals surface area contributed by atoms with Gasteiger partial charge in [-0.1, -0.05) is 24.3 Å². The van der Waals surface area contributed by atoms with Crippen LogP contribution in [0.2, 0.25) is 0 Å². The van der Waals surface area contributed by atoms with Crippen molar-refractivity contribution < 1.29 is 26.3 Å². The lowest BCUT2D eigenvalue weighted by Gasteiger charge is -2.16.